The average molecular weight is 301 g/mol. The number of benzene rings is 1. The highest BCUT2D eigenvalue weighted by atomic mass is 32.2. The maximum absolute atomic E-state index is 12.3. The van der Waals surface area contributed by atoms with Crippen LogP contribution in [0.25, 0.3) is 6.08 Å². The second-order valence-corrected chi connectivity index (χ2v) is 5.80. The van der Waals surface area contributed by atoms with E-state index in [1.807, 2.05) is 48.7 Å². The molecule has 1 fully saturated rings. The molecule has 0 radical (unpaired) electrons. The van der Waals surface area contributed by atoms with Gasteiger partial charge in [0.15, 0.2) is 4.32 Å². The Hall–Kier alpha value is -2.05. The third-order valence-corrected chi connectivity index (χ3v) is 4.02. The number of H-pyrrole nitrogens is 1. The van der Waals surface area contributed by atoms with Crippen LogP contribution in [0.15, 0.2) is 53.6 Å². The summed E-state index contributed by atoms with van der Waals surface area (Å²) in [5.41, 5.74) is 4.72. The molecule has 3 rings (SSSR count). The molecule has 1 aliphatic heterocycles. The van der Waals surface area contributed by atoms with E-state index in [4.69, 9.17) is 12.2 Å². The minimum absolute atomic E-state index is 0.140. The summed E-state index contributed by atoms with van der Waals surface area (Å²) in [7, 11) is 0. The SMILES string of the molecule is O=C1/C(=C\c2ccc[nH]2)SC(=S)N1Nc1ccccc1. The summed E-state index contributed by atoms with van der Waals surface area (Å²) < 4.78 is 0.497. The van der Waals surface area contributed by atoms with E-state index in [-0.39, 0.29) is 5.91 Å². The molecule has 4 nitrogen and oxygen atoms in total. The number of carbonyl (C=O) groups excluding carboxylic acids is 1. The number of hydrogen-bond acceptors (Lipinski definition) is 4. The van der Waals surface area contributed by atoms with E-state index < -0.39 is 0 Å². The fourth-order valence-electron chi connectivity index (χ4n) is 1.78. The van der Waals surface area contributed by atoms with Crippen molar-refractivity contribution in [2.75, 3.05) is 5.43 Å². The number of anilines is 1. The van der Waals surface area contributed by atoms with Gasteiger partial charge in [0.05, 0.1) is 10.6 Å². The van der Waals surface area contributed by atoms with Crippen LogP contribution in [0.5, 0.6) is 0 Å². The Kier molecular flexibility index (Phi) is 3.58. The van der Waals surface area contributed by atoms with Gasteiger partial charge in [0, 0.05) is 11.9 Å². The summed E-state index contributed by atoms with van der Waals surface area (Å²) in [4.78, 5) is 16.0. The lowest BCUT2D eigenvalue weighted by Gasteiger charge is -2.16. The smallest absolute Gasteiger partial charge is 0.285 e. The Morgan fingerprint density at radius 3 is 2.70 bits per heavy atom. The van der Waals surface area contributed by atoms with Crippen LogP contribution in [-0.4, -0.2) is 20.2 Å². The van der Waals surface area contributed by atoms with Gasteiger partial charge in [-0.1, -0.05) is 30.0 Å². The lowest BCUT2D eigenvalue weighted by Crippen LogP contribution is -2.33. The first-order valence-electron chi connectivity index (χ1n) is 5.97. The number of thioether (sulfide) groups is 1. The second-order valence-electron chi connectivity index (χ2n) is 4.12. The molecular formula is C14H11N3OS2. The van der Waals surface area contributed by atoms with Crippen LogP contribution in [0.3, 0.4) is 0 Å². The van der Waals surface area contributed by atoms with Crippen LogP contribution in [0.4, 0.5) is 5.69 Å². The van der Waals surface area contributed by atoms with Gasteiger partial charge >= 0.3 is 0 Å². The number of hydrazine groups is 1. The number of amides is 1. The molecule has 0 atom stereocenters. The number of hydrogen-bond donors (Lipinski definition) is 2. The van der Waals surface area contributed by atoms with E-state index >= 15 is 0 Å². The van der Waals surface area contributed by atoms with Crippen molar-refractivity contribution in [3.63, 3.8) is 0 Å². The Bertz CT molecular complexity index is 665. The van der Waals surface area contributed by atoms with Gasteiger partial charge in [0.2, 0.25) is 0 Å². The Morgan fingerprint density at radius 1 is 1.20 bits per heavy atom. The highest BCUT2D eigenvalue weighted by Gasteiger charge is 2.32. The zero-order valence-corrected chi connectivity index (χ0v) is 12.0. The average Bonchev–Trinajstić information content (AvgIpc) is 3.05. The maximum atomic E-state index is 12.3. The van der Waals surface area contributed by atoms with Crippen LogP contribution in [0.2, 0.25) is 0 Å². The quantitative estimate of drug-likeness (QED) is 0.675. The molecule has 1 amide bonds. The number of thiocarbonyl (C=S) groups is 1. The maximum Gasteiger partial charge on any atom is 0.285 e. The minimum atomic E-state index is -0.140. The van der Waals surface area contributed by atoms with Crippen LogP contribution in [0, 0.1) is 0 Å². The second kappa shape index (κ2) is 5.52. The summed E-state index contributed by atoms with van der Waals surface area (Å²) in [5.74, 6) is -0.140. The van der Waals surface area contributed by atoms with Crippen molar-refractivity contribution in [1.82, 2.24) is 9.99 Å². The van der Waals surface area contributed by atoms with Gasteiger partial charge in [-0.3, -0.25) is 10.2 Å². The molecule has 100 valence electrons. The molecule has 2 N–H and O–H groups in total. The van der Waals surface area contributed by atoms with E-state index in [1.165, 1.54) is 16.8 Å². The molecule has 2 heterocycles. The number of aromatic nitrogens is 1. The Balaban J connectivity index is 1.81. The van der Waals surface area contributed by atoms with Crippen molar-refractivity contribution in [3.8, 4) is 0 Å². The Labute approximate surface area is 125 Å². The molecule has 1 aromatic heterocycles. The molecule has 2 aromatic rings. The number of aromatic amines is 1. The summed E-state index contributed by atoms with van der Waals surface area (Å²) in [6.07, 6.45) is 3.61. The molecule has 1 aliphatic rings. The van der Waals surface area contributed by atoms with E-state index in [0.29, 0.717) is 9.23 Å². The first-order valence-corrected chi connectivity index (χ1v) is 7.19. The number of nitrogens with one attached hydrogen (secondary N) is 2. The van der Waals surface area contributed by atoms with Crippen LogP contribution >= 0.6 is 24.0 Å². The molecule has 1 saturated heterocycles. The van der Waals surface area contributed by atoms with Gasteiger partial charge in [-0.15, -0.1) is 0 Å². The minimum Gasteiger partial charge on any atom is -0.362 e. The van der Waals surface area contributed by atoms with Crippen molar-refractivity contribution in [2.45, 2.75) is 0 Å². The topological polar surface area (TPSA) is 48.1 Å². The molecule has 0 aliphatic carbocycles. The molecule has 1 aromatic carbocycles. The number of carbonyl (C=O) groups is 1. The Morgan fingerprint density at radius 2 is 2.00 bits per heavy atom. The fraction of sp³-hybridized carbons (Fsp3) is 0. The van der Waals surface area contributed by atoms with Gasteiger partial charge in [-0.2, -0.15) is 0 Å². The standard InChI is InChI=1S/C14H11N3OS2/c18-13-12(9-11-7-4-8-15-11)20-14(19)17(13)16-10-5-2-1-3-6-10/h1-9,15-16H/b12-9+. The van der Waals surface area contributed by atoms with E-state index in [1.54, 1.807) is 6.08 Å². The molecule has 0 saturated carbocycles. The molecular weight excluding hydrogens is 290 g/mol. The lowest BCUT2D eigenvalue weighted by molar-refractivity contribution is -0.121. The number of nitrogens with zero attached hydrogens (tertiary/aromatic N) is 1. The van der Waals surface area contributed by atoms with Gasteiger partial charge in [-0.05, 0) is 42.6 Å². The van der Waals surface area contributed by atoms with Gasteiger partial charge in [0.25, 0.3) is 5.91 Å². The van der Waals surface area contributed by atoms with Gasteiger partial charge in [0.1, 0.15) is 0 Å². The summed E-state index contributed by atoms with van der Waals surface area (Å²) in [6, 6.07) is 13.3. The van der Waals surface area contributed by atoms with Gasteiger partial charge in [-0.25, -0.2) is 5.01 Å². The van der Waals surface area contributed by atoms with Crippen molar-refractivity contribution >= 4 is 46.0 Å². The van der Waals surface area contributed by atoms with Crippen molar-refractivity contribution in [1.29, 1.82) is 0 Å². The fourth-order valence-corrected chi connectivity index (χ4v) is 2.95. The van der Waals surface area contributed by atoms with E-state index in [9.17, 15) is 4.79 Å². The molecule has 0 spiro atoms. The first kappa shape index (κ1) is 13.0. The summed E-state index contributed by atoms with van der Waals surface area (Å²) in [5, 5.41) is 1.39. The molecule has 0 unspecified atom stereocenters. The molecule has 6 heteroatoms. The third-order valence-electron chi connectivity index (χ3n) is 2.72. The molecule has 20 heavy (non-hydrogen) atoms. The summed E-state index contributed by atoms with van der Waals surface area (Å²) in [6.45, 7) is 0. The highest BCUT2D eigenvalue weighted by molar-refractivity contribution is 8.26. The van der Waals surface area contributed by atoms with Gasteiger partial charge < -0.3 is 4.98 Å². The van der Waals surface area contributed by atoms with Crippen molar-refractivity contribution in [3.05, 3.63) is 59.3 Å². The van der Waals surface area contributed by atoms with Crippen LogP contribution in [-0.2, 0) is 4.79 Å². The lowest BCUT2D eigenvalue weighted by atomic mass is 10.3. The van der Waals surface area contributed by atoms with Crippen LogP contribution < -0.4 is 5.43 Å². The first-order chi connectivity index (χ1) is 9.74. The number of para-hydroxylation sites is 1. The number of rotatable bonds is 3. The predicted octanol–water partition coefficient (Wildman–Crippen LogP) is 3.24. The van der Waals surface area contributed by atoms with Crippen molar-refractivity contribution < 1.29 is 4.79 Å². The molecule has 0 bridgehead atoms. The highest BCUT2D eigenvalue weighted by Crippen LogP contribution is 2.32. The largest absolute Gasteiger partial charge is 0.362 e. The van der Waals surface area contributed by atoms with E-state index in [2.05, 4.69) is 10.4 Å². The van der Waals surface area contributed by atoms with E-state index in [0.717, 1.165) is 11.4 Å². The van der Waals surface area contributed by atoms with Crippen LogP contribution in [0.1, 0.15) is 5.69 Å². The predicted molar refractivity (Wildman–Crippen MR) is 85.9 cm³/mol. The monoisotopic (exact) mass is 301 g/mol. The zero-order chi connectivity index (χ0) is 13.9. The normalized spacial score (nSPS) is 17.0. The summed E-state index contributed by atoms with van der Waals surface area (Å²) >= 11 is 6.53. The third kappa shape index (κ3) is 2.61. The zero-order valence-electron chi connectivity index (χ0n) is 10.4. The van der Waals surface area contributed by atoms with Crippen molar-refractivity contribution in [2.24, 2.45) is 0 Å².